The molecule has 0 unspecified atom stereocenters. The summed E-state index contributed by atoms with van der Waals surface area (Å²) in [4.78, 5) is 12.3. The monoisotopic (exact) mass is 296 g/mol. The number of carbonyl (C=O) groups is 1. The third-order valence-corrected chi connectivity index (χ3v) is 3.51. The minimum absolute atomic E-state index is 0.500. The quantitative estimate of drug-likeness (QED) is 0.800. The van der Waals surface area contributed by atoms with Gasteiger partial charge in [-0.25, -0.2) is 0 Å². The number of hydrogen-bond acceptors (Lipinski definition) is 3. The summed E-state index contributed by atoms with van der Waals surface area (Å²) in [5.41, 5.74) is 0. The van der Waals surface area contributed by atoms with E-state index in [0.717, 1.165) is 26.3 Å². The van der Waals surface area contributed by atoms with E-state index in [-0.39, 0.29) is 0 Å². The lowest BCUT2D eigenvalue weighted by Crippen LogP contribution is -1.91. The molecule has 0 spiro atoms. The van der Waals surface area contributed by atoms with Crippen molar-refractivity contribution in [2.24, 2.45) is 0 Å². The lowest BCUT2D eigenvalue weighted by molar-refractivity contribution is 0.112. The molecular weight excluding hydrogens is 288 g/mol. The van der Waals surface area contributed by atoms with Gasteiger partial charge >= 0.3 is 0 Å². The predicted octanol–water partition coefficient (Wildman–Crippen LogP) is 3.90. The molecule has 0 atom stereocenters. The Bertz CT molecular complexity index is 476. The predicted molar refractivity (Wildman–Crippen MR) is 68.2 cm³/mol. The normalized spacial score (nSPS) is 10.1. The van der Waals surface area contributed by atoms with Gasteiger partial charge in [0.05, 0.1) is 4.88 Å². The molecule has 4 heteroatoms. The van der Waals surface area contributed by atoms with Crippen LogP contribution in [0.25, 0.3) is 0 Å². The van der Waals surface area contributed by atoms with Gasteiger partial charge in [0.15, 0.2) is 6.29 Å². The van der Waals surface area contributed by atoms with Crippen molar-refractivity contribution in [2.45, 2.75) is 6.61 Å². The number of benzene rings is 1. The molecule has 2 rings (SSSR count). The van der Waals surface area contributed by atoms with Crippen LogP contribution in [0, 0.1) is 0 Å². The van der Waals surface area contributed by atoms with Gasteiger partial charge in [-0.1, -0.05) is 15.9 Å². The lowest BCUT2D eigenvalue weighted by Gasteiger charge is -2.03. The molecule has 0 saturated heterocycles. The zero-order valence-corrected chi connectivity index (χ0v) is 10.8. The van der Waals surface area contributed by atoms with Gasteiger partial charge in [0.1, 0.15) is 12.4 Å². The third kappa shape index (κ3) is 2.93. The number of rotatable bonds is 4. The van der Waals surface area contributed by atoms with Crippen LogP contribution < -0.4 is 4.74 Å². The molecule has 2 nitrogen and oxygen atoms in total. The first-order valence-electron chi connectivity index (χ1n) is 4.70. The van der Waals surface area contributed by atoms with Crippen molar-refractivity contribution in [1.29, 1.82) is 0 Å². The van der Waals surface area contributed by atoms with Crippen LogP contribution in [0.15, 0.2) is 40.9 Å². The van der Waals surface area contributed by atoms with Crippen LogP contribution in [-0.4, -0.2) is 6.29 Å². The van der Waals surface area contributed by atoms with Gasteiger partial charge in [-0.15, -0.1) is 11.3 Å². The van der Waals surface area contributed by atoms with E-state index in [4.69, 9.17) is 4.74 Å². The second kappa shape index (κ2) is 5.27. The molecule has 0 aliphatic heterocycles. The standard InChI is InChI=1S/C12H9BrO2S/c13-9-1-3-10(4-2-9)15-8-12-6-5-11(7-14)16-12/h1-7H,8H2. The Labute approximate surface area is 106 Å². The molecule has 82 valence electrons. The topological polar surface area (TPSA) is 26.3 Å². The van der Waals surface area contributed by atoms with Gasteiger partial charge in [0.25, 0.3) is 0 Å². The Kier molecular flexibility index (Phi) is 3.74. The van der Waals surface area contributed by atoms with E-state index in [1.54, 1.807) is 6.07 Å². The largest absolute Gasteiger partial charge is 0.488 e. The van der Waals surface area contributed by atoms with Gasteiger partial charge in [0.2, 0.25) is 0 Å². The summed E-state index contributed by atoms with van der Waals surface area (Å²) in [5, 5.41) is 0. The van der Waals surface area contributed by atoms with Crippen molar-refractivity contribution in [3.8, 4) is 5.75 Å². The van der Waals surface area contributed by atoms with Gasteiger partial charge in [-0.2, -0.15) is 0 Å². The number of aldehydes is 1. The van der Waals surface area contributed by atoms with Crippen molar-refractivity contribution < 1.29 is 9.53 Å². The zero-order chi connectivity index (χ0) is 11.4. The Morgan fingerprint density at radius 2 is 1.94 bits per heavy atom. The summed E-state index contributed by atoms with van der Waals surface area (Å²) in [6, 6.07) is 11.4. The fourth-order valence-electron chi connectivity index (χ4n) is 1.22. The Hall–Kier alpha value is -1.13. The van der Waals surface area contributed by atoms with Crippen LogP contribution in [0.4, 0.5) is 0 Å². The molecule has 0 saturated carbocycles. The van der Waals surface area contributed by atoms with Crippen LogP contribution in [0.2, 0.25) is 0 Å². The summed E-state index contributed by atoms with van der Waals surface area (Å²) in [6.07, 6.45) is 0.855. The van der Waals surface area contributed by atoms with E-state index >= 15 is 0 Å². The van der Waals surface area contributed by atoms with Crippen molar-refractivity contribution in [3.63, 3.8) is 0 Å². The minimum Gasteiger partial charge on any atom is -0.488 e. The Balaban J connectivity index is 1.96. The smallest absolute Gasteiger partial charge is 0.160 e. The van der Waals surface area contributed by atoms with Crippen molar-refractivity contribution >= 4 is 33.6 Å². The van der Waals surface area contributed by atoms with E-state index < -0.39 is 0 Å². The summed E-state index contributed by atoms with van der Waals surface area (Å²) in [5.74, 6) is 0.823. The lowest BCUT2D eigenvalue weighted by atomic mass is 10.3. The van der Waals surface area contributed by atoms with Crippen LogP contribution in [0.3, 0.4) is 0 Å². The first kappa shape index (κ1) is 11.4. The Morgan fingerprint density at radius 1 is 1.19 bits per heavy atom. The highest BCUT2D eigenvalue weighted by Gasteiger charge is 2.00. The van der Waals surface area contributed by atoms with E-state index in [0.29, 0.717) is 6.61 Å². The number of thiophene rings is 1. The van der Waals surface area contributed by atoms with Crippen LogP contribution >= 0.6 is 27.3 Å². The number of hydrogen-bond donors (Lipinski definition) is 0. The highest BCUT2D eigenvalue weighted by Crippen LogP contribution is 2.20. The molecule has 0 aliphatic carbocycles. The number of ether oxygens (including phenoxy) is 1. The Morgan fingerprint density at radius 3 is 2.56 bits per heavy atom. The molecule has 2 aromatic rings. The molecule has 0 amide bonds. The fourth-order valence-corrected chi connectivity index (χ4v) is 2.23. The molecule has 16 heavy (non-hydrogen) atoms. The molecule has 0 bridgehead atoms. The second-order valence-corrected chi connectivity index (χ2v) is 5.28. The van der Waals surface area contributed by atoms with E-state index in [2.05, 4.69) is 15.9 Å². The van der Waals surface area contributed by atoms with Crippen molar-refractivity contribution in [1.82, 2.24) is 0 Å². The van der Waals surface area contributed by atoms with Gasteiger partial charge < -0.3 is 4.74 Å². The highest BCUT2D eigenvalue weighted by atomic mass is 79.9. The molecule has 0 radical (unpaired) electrons. The highest BCUT2D eigenvalue weighted by molar-refractivity contribution is 9.10. The third-order valence-electron chi connectivity index (χ3n) is 1.99. The van der Waals surface area contributed by atoms with Gasteiger partial charge in [-0.3, -0.25) is 4.79 Å². The van der Waals surface area contributed by atoms with E-state index in [1.165, 1.54) is 11.3 Å². The zero-order valence-electron chi connectivity index (χ0n) is 8.35. The van der Waals surface area contributed by atoms with E-state index in [1.807, 2.05) is 30.3 Å². The SMILES string of the molecule is O=Cc1ccc(COc2ccc(Br)cc2)s1. The molecule has 1 aromatic carbocycles. The average molecular weight is 297 g/mol. The summed E-state index contributed by atoms with van der Waals surface area (Å²) >= 11 is 4.81. The van der Waals surface area contributed by atoms with Gasteiger partial charge in [0, 0.05) is 9.35 Å². The van der Waals surface area contributed by atoms with Crippen LogP contribution in [-0.2, 0) is 6.61 Å². The summed E-state index contributed by atoms with van der Waals surface area (Å²) in [7, 11) is 0. The molecule has 0 aliphatic rings. The molecule has 1 heterocycles. The molecule has 0 N–H and O–H groups in total. The molecular formula is C12H9BrO2S. The first-order valence-corrected chi connectivity index (χ1v) is 6.31. The minimum atomic E-state index is 0.500. The first-order chi connectivity index (χ1) is 7.78. The van der Waals surface area contributed by atoms with Gasteiger partial charge in [-0.05, 0) is 36.4 Å². The average Bonchev–Trinajstić information content (AvgIpc) is 2.76. The van der Waals surface area contributed by atoms with Crippen molar-refractivity contribution in [3.05, 3.63) is 50.6 Å². The summed E-state index contributed by atoms with van der Waals surface area (Å²) in [6.45, 7) is 0.500. The maximum Gasteiger partial charge on any atom is 0.160 e. The second-order valence-electron chi connectivity index (χ2n) is 3.16. The molecule has 0 fully saturated rings. The fraction of sp³-hybridized carbons (Fsp3) is 0.0833. The molecule has 1 aromatic heterocycles. The maximum absolute atomic E-state index is 10.5. The van der Waals surface area contributed by atoms with Crippen molar-refractivity contribution in [2.75, 3.05) is 0 Å². The van der Waals surface area contributed by atoms with E-state index in [9.17, 15) is 4.79 Å². The maximum atomic E-state index is 10.5. The van der Waals surface area contributed by atoms with Crippen LogP contribution in [0.1, 0.15) is 14.5 Å². The van der Waals surface area contributed by atoms with Crippen LogP contribution in [0.5, 0.6) is 5.75 Å². The summed E-state index contributed by atoms with van der Waals surface area (Å²) < 4.78 is 6.61. The number of halogens is 1. The number of carbonyl (C=O) groups excluding carboxylic acids is 1.